The van der Waals surface area contributed by atoms with Gasteiger partial charge in [0.2, 0.25) is 0 Å². The number of fused-ring (bicyclic) bond motifs is 1. The monoisotopic (exact) mass is 386 g/mol. The van der Waals surface area contributed by atoms with Gasteiger partial charge in [-0.2, -0.15) is 0 Å². The number of aryl methyl sites for hydroxylation is 2. The van der Waals surface area contributed by atoms with Crippen molar-refractivity contribution < 1.29 is 0 Å². The topological polar surface area (TPSA) is 115 Å². The molecule has 0 aliphatic heterocycles. The maximum atomic E-state index is 7.13. The lowest BCUT2D eigenvalue weighted by atomic mass is 10.2. The molecule has 0 atom stereocenters. The second-order valence-electron chi connectivity index (χ2n) is 6.51. The summed E-state index contributed by atoms with van der Waals surface area (Å²) in [5.41, 5.74) is 9.70. The highest BCUT2D eigenvalue weighted by Crippen LogP contribution is 2.32. The first-order chi connectivity index (χ1) is 14.0. The SMILES string of the molecule is [C-]#[N+]c1cc(C)c(N(C)c2cc(Nc3cc(N)ncn3)c3ncn(C)c3n2)cn1. The van der Waals surface area contributed by atoms with Crippen molar-refractivity contribution in [3.63, 3.8) is 0 Å². The van der Waals surface area contributed by atoms with E-state index in [1.165, 1.54) is 6.33 Å². The highest BCUT2D eigenvalue weighted by Gasteiger charge is 2.17. The van der Waals surface area contributed by atoms with Crippen LogP contribution in [0.5, 0.6) is 0 Å². The summed E-state index contributed by atoms with van der Waals surface area (Å²) in [5, 5.41) is 3.25. The molecule has 0 bridgehead atoms. The molecule has 0 unspecified atom stereocenters. The molecule has 4 aromatic rings. The summed E-state index contributed by atoms with van der Waals surface area (Å²) in [6.07, 6.45) is 4.78. The van der Waals surface area contributed by atoms with Gasteiger partial charge in [-0.3, -0.25) is 0 Å². The number of hydrogen-bond donors (Lipinski definition) is 2. The molecule has 0 spiro atoms. The average Bonchev–Trinajstić information content (AvgIpc) is 3.08. The van der Waals surface area contributed by atoms with E-state index in [0.717, 1.165) is 16.9 Å². The van der Waals surface area contributed by atoms with Crippen LogP contribution in [-0.2, 0) is 7.05 Å². The molecule has 0 amide bonds. The summed E-state index contributed by atoms with van der Waals surface area (Å²) in [5.74, 6) is 1.97. The van der Waals surface area contributed by atoms with Gasteiger partial charge in [0.1, 0.15) is 35.5 Å². The molecule has 10 heteroatoms. The van der Waals surface area contributed by atoms with Gasteiger partial charge in [-0.1, -0.05) is 6.57 Å². The fourth-order valence-corrected chi connectivity index (χ4v) is 3.00. The van der Waals surface area contributed by atoms with Crippen LogP contribution in [0.2, 0.25) is 0 Å². The van der Waals surface area contributed by atoms with Crippen LogP contribution in [0.4, 0.5) is 34.6 Å². The number of imidazole rings is 1. The van der Waals surface area contributed by atoms with E-state index in [0.29, 0.717) is 34.4 Å². The molecule has 0 saturated heterocycles. The van der Waals surface area contributed by atoms with Crippen LogP contribution >= 0.6 is 0 Å². The van der Waals surface area contributed by atoms with Crippen molar-refractivity contribution in [2.75, 3.05) is 23.0 Å². The second kappa shape index (κ2) is 7.05. The molecule has 29 heavy (non-hydrogen) atoms. The minimum atomic E-state index is 0.360. The molecule has 0 fully saturated rings. The van der Waals surface area contributed by atoms with E-state index < -0.39 is 0 Å². The molecular weight excluding hydrogens is 368 g/mol. The van der Waals surface area contributed by atoms with Gasteiger partial charge < -0.3 is 25.4 Å². The van der Waals surface area contributed by atoms with E-state index in [4.69, 9.17) is 17.3 Å². The maximum Gasteiger partial charge on any atom is 0.269 e. The van der Waals surface area contributed by atoms with Gasteiger partial charge in [0.05, 0.1) is 17.7 Å². The first-order valence-corrected chi connectivity index (χ1v) is 8.70. The molecule has 144 valence electrons. The molecule has 0 radical (unpaired) electrons. The Morgan fingerprint density at radius 1 is 1.17 bits per heavy atom. The molecule has 0 aliphatic carbocycles. The Morgan fingerprint density at radius 2 is 2.00 bits per heavy atom. The van der Waals surface area contributed by atoms with Crippen LogP contribution in [0.3, 0.4) is 0 Å². The standard InChI is InChI=1S/C19H18N10/c1-11-5-15(21-2)22-8-13(11)29(4)17-6-12(18-19(27-17)28(3)10-25-18)26-16-7-14(20)23-9-24-16/h5-10H,1,3-4H3,(H3,20,23,24,26,27). The Bertz CT molecular complexity index is 1250. The summed E-state index contributed by atoms with van der Waals surface area (Å²) >= 11 is 0. The van der Waals surface area contributed by atoms with Crippen molar-refractivity contribution in [3.05, 3.63) is 54.0 Å². The molecule has 0 saturated carbocycles. The average molecular weight is 386 g/mol. The van der Waals surface area contributed by atoms with Crippen LogP contribution in [0.15, 0.2) is 37.1 Å². The number of hydrogen-bond acceptors (Lipinski definition) is 8. The smallest absolute Gasteiger partial charge is 0.269 e. The summed E-state index contributed by atoms with van der Waals surface area (Å²) in [4.78, 5) is 26.8. The van der Waals surface area contributed by atoms with Gasteiger partial charge in [0.15, 0.2) is 5.65 Å². The third kappa shape index (κ3) is 3.37. The number of anilines is 5. The number of nitrogens with zero attached hydrogens (tertiary/aromatic N) is 8. The zero-order chi connectivity index (χ0) is 20.5. The van der Waals surface area contributed by atoms with Crippen LogP contribution in [0.1, 0.15) is 5.56 Å². The van der Waals surface area contributed by atoms with Crippen LogP contribution < -0.4 is 16.0 Å². The van der Waals surface area contributed by atoms with E-state index >= 15 is 0 Å². The van der Waals surface area contributed by atoms with E-state index in [2.05, 4.69) is 30.1 Å². The molecule has 4 rings (SSSR count). The van der Waals surface area contributed by atoms with Gasteiger partial charge in [0.25, 0.3) is 5.82 Å². The van der Waals surface area contributed by atoms with Crippen molar-refractivity contribution in [3.8, 4) is 0 Å². The molecular formula is C19H18N10. The summed E-state index contributed by atoms with van der Waals surface area (Å²) in [6, 6.07) is 5.29. The fourth-order valence-electron chi connectivity index (χ4n) is 3.00. The predicted molar refractivity (Wildman–Crippen MR) is 112 cm³/mol. The first kappa shape index (κ1) is 18.1. The Morgan fingerprint density at radius 3 is 2.72 bits per heavy atom. The van der Waals surface area contributed by atoms with Crippen molar-refractivity contribution in [2.45, 2.75) is 6.92 Å². The van der Waals surface area contributed by atoms with Gasteiger partial charge in [-0.25, -0.2) is 19.9 Å². The quantitative estimate of drug-likeness (QED) is 0.514. The summed E-state index contributed by atoms with van der Waals surface area (Å²) in [6.45, 7) is 9.07. The highest BCUT2D eigenvalue weighted by atomic mass is 15.2. The highest BCUT2D eigenvalue weighted by molar-refractivity contribution is 5.90. The first-order valence-electron chi connectivity index (χ1n) is 8.70. The number of pyridine rings is 2. The number of rotatable bonds is 4. The van der Waals surface area contributed by atoms with Crippen LogP contribution in [0, 0.1) is 13.5 Å². The van der Waals surface area contributed by atoms with E-state index in [9.17, 15) is 0 Å². The van der Waals surface area contributed by atoms with Gasteiger partial charge >= 0.3 is 0 Å². The zero-order valence-electron chi connectivity index (χ0n) is 16.1. The zero-order valence-corrected chi connectivity index (χ0v) is 16.1. The normalized spacial score (nSPS) is 10.7. The molecule has 0 aromatic carbocycles. The summed E-state index contributed by atoms with van der Waals surface area (Å²) in [7, 11) is 3.79. The minimum absolute atomic E-state index is 0.360. The van der Waals surface area contributed by atoms with Crippen molar-refractivity contribution >= 4 is 45.8 Å². The van der Waals surface area contributed by atoms with Gasteiger partial charge in [0, 0.05) is 26.2 Å². The largest absolute Gasteiger partial charge is 0.384 e. The van der Waals surface area contributed by atoms with E-state index in [1.54, 1.807) is 24.7 Å². The number of nitrogens with two attached hydrogens (primary N) is 1. The Labute approximate surface area is 166 Å². The van der Waals surface area contributed by atoms with Gasteiger partial charge in [-0.05, 0) is 18.6 Å². The lowest BCUT2D eigenvalue weighted by Gasteiger charge is -2.20. The Hall–Kier alpha value is -4.26. The van der Waals surface area contributed by atoms with Crippen LogP contribution in [0.25, 0.3) is 16.0 Å². The fraction of sp³-hybridized carbons (Fsp3) is 0.158. The Kier molecular flexibility index (Phi) is 4.40. The molecule has 10 nitrogen and oxygen atoms in total. The van der Waals surface area contributed by atoms with E-state index in [-0.39, 0.29) is 0 Å². The predicted octanol–water partition coefficient (Wildman–Crippen LogP) is 3.11. The molecule has 4 aromatic heterocycles. The summed E-state index contributed by atoms with van der Waals surface area (Å²) < 4.78 is 1.85. The lowest BCUT2D eigenvalue weighted by molar-refractivity contribution is 0.928. The Balaban J connectivity index is 1.81. The lowest BCUT2D eigenvalue weighted by Crippen LogP contribution is -2.14. The van der Waals surface area contributed by atoms with Crippen molar-refractivity contribution in [2.24, 2.45) is 7.05 Å². The molecule has 3 N–H and O–H groups in total. The third-order valence-electron chi connectivity index (χ3n) is 4.49. The van der Waals surface area contributed by atoms with Crippen LogP contribution in [-0.4, -0.2) is 36.5 Å². The molecule has 0 aliphatic rings. The van der Waals surface area contributed by atoms with Crippen molar-refractivity contribution in [1.29, 1.82) is 0 Å². The van der Waals surface area contributed by atoms with E-state index in [1.807, 2.05) is 36.6 Å². The van der Waals surface area contributed by atoms with Crippen molar-refractivity contribution in [1.82, 2.24) is 29.5 Å². The number of aromatic nitrogens is 6. The number of nitrogen functional groups attached to an aromatic ring is 1. The number of nitrogens with one attached hydrogen (secondary N) is 1. The van der Waals surface area contributed by atoms with Gasteiger partial charge in [-0.15, -0.1) is 4.98 Å². The maximum absolute atomic E-state index is 7.13. The second-order valence-corrected chi connectivity index (χ2v) is 6.51. The molecule has 4 heterocycles. The third-order valence-corrected chi connectivity index (χ3v) is 4.49. The minimum Gasteiger partial charge on any atom is -0.384 e.